The molecule has 0 aliphatic rings. The smallest absolute Gasteiger partial charge is 0.268 e. The van der Waals surface area contributed by atoms with Crippen LogP contribution in [0.5, 0.6) is 0 Å². The van der Waals surface area contributed by atoms with E-state index >= 15 is 0 Å². The van der Waals surface area contributed by atoms with Gasteiger partial charge in [-0.1, -0.05) is 19.6 Å². The monoisotopic (exact) mass is 320 g/mol. The summed E-state index contributed by atoms with van der Waals surface area (Å²) in [6.45, 7) is 2.09. The molecule has 0 radical (unpaired) electrons. The summed E-state index contributed by atoms with van der Waals surface area (Å²) in [5.41, 5.74) is 0. The highest BCUT2D eigenvalue weighted by Gasteiger charge is 2.26. The van der Waals surface area contributed by atoms with Crippen LogP contribution in [0.4, 0.5) is 4.20 Å². The number of hydrogen-bond acceptors (Lipinski definition) is 1. The maximum atomic E-state index is 13.5. The van der Waals surface area contributed by atoms with Crippen molar-refractivity contribution >= 4 is 65.5 Å². The van der Waals surface area contributed by atoms with Crippen LogP contribution in [-0.4, -0.2) is 8.24 Å². The average molecular weight is 322 g/mol. The number of nitrogens with zero attached hydrogens (tertiary/aromatic N) is 1. The predicted octanol–water partition coefficient (Wildman–Crippen LogP) is 5.27. The highest BCUT2D eigenvalue weighted by Crippen LogP contribution is 2.69. The first kappa shape index (κ1) is 14.9. The summed E-state index contributed by atoms with van der Waals surface area (Å²) in [6, 6.07) is 0. The first-order valence-corrected chi connectivity index (χ1v) is 13.8. The van der Waals surface area contributed by atoms with Crippen LogP contribution in [0.25, 0.3) is 0 Å². The molecule has 0 rings (SSSR count). The van der Waals surface area contributed by atoms with Gasteiger partial charge in [0.1, 0.15) is 8.24 Å². The standard InChI is InChI=1S/C3H10Cl3FN2P2SSi/c1-13(2,3)9-11(6,7)8-10(4,5)12/h9H,1-3H3. The second-order valence-electron chi connectivity index (χ2n) is 3.37. The lowest BCUT2D eigenvalue weighted by atomic mass is 11.8. The van der Waals surface area contributed by atoms with E-state index in [-0.39, 0.29) is 0 Å². The molecule has 0 aromatic rings. The van der Waals surface area contributed by atoms with Crippen molar-refractivity contribution in [1.29, 1.82) is 0 Å². The first-order chi connectivity index (χ1) is 5.41. The molecule has 0 saturated heterocycles. The lowest BCUT2D eigenvalue weighted by molar-refractivity contribution is 0.884. The Kier molecular flexibility index (Phi) is 5.48. The Morgan fingerprint density at radius 2 is 1.69 bits per heavy atom. The predicted molar refractivity (Wildman–Crippen MR) is 68.8 cm³/mol. The van der Waals surface area contributed by atoms with Gasteiger partial charge in [0.2, 0.25) is 4.89 Å². The third-order valence-corrected chi connectivity index (χ3v) is 9.42. The first-order valence-electron chi connectivity index (χ1n) is 3.23. The molecule has 80 valence electrons. The zero-order chi connectivity index (χ0) is 10.9. The number of nitrogens with one attached hydrogen (secondary N) is 1. The minimum Gasteiger partial charge on any atom is -0.268 e. The molecule has 0 fully saturated rings. The average Bonchev–Trinajstić information content (AvgIpc) is 1.43. The van der Waals surface area contributed by atoms with Gasteiger partial charge in [-0.3, -0.25) is 4.75 Å². The molecule has 13 heavy (non-hydrogen) atoms. The van der Waals surface area contributed by atoms with E-state index in [4.69, 9.17) is 33.7 Å². The van der Waals surface area contributed by atoms with Crippen LogP contribution >= 0.6 is 45.5 Å². The lowest BCUT2D eigenvalue weighted by Gasteiger charge is -2.21. The lowest BCUT2D eigenvalue weighted by Crippen LogP contribution is -2.36. The molecule has 10 heteroatoms. The van der Waals surface area contributed by atoms with Gasteiger partial charge in [0.15, 0.2) is 0 Å². The minimum absolute atomic E-state index is 1.84. The largest absolute Gasteiger partial charge is 0.284 e. The van der Waals surface area contributed by atoms with Crippen molar-refractivity contribution in [3.05, 3.63) is 0 Å². The van der Waals surface area contributed by atoms with Crippen LogP contribution in [0.15, 0.2) is 4.52 Å². The van der Waals surface area contributed by atoms with Crippen molar-refractivity contribution in [3.63, 3.8) is 0 Å². The van der Waals surface area contributed by atoms with Crippen molar-refractivity contribution in [2.75, 3.05) is 0 Å². The summed E-state index contributed by atoms with van der Waals surface area (Å²) < 4.78 is 19.6. The van der Waals surface area contributed by atoms with Gasteiger partial charge in [0, 0.05) is 0 Å². The van der Waals surface area contributed by atoms with Crippen molar-refractivity contribution in [1.82, 2.24) is 4.75 Å². The van der Waals surface area contributed by atoms with Gasteiger partial charge >= 0.3 is 0 Å². The molecule has 0 aromatic heterocycles. The summed E-state index contributed by atoms with van der Waals surface area (Å²) in [5, 5.41) is 0. The molecule has 0 aliphatic heterocycles. The van der Waals surface area contributed by atoms with E-state index in [1.165, 1.54) is 0 Å². The minimum atomic E-state index is -3.60. The van der Waals surface area contributed by atoms with E-state index in [9.17, 15) is 4.20 Å². The summed E-state index contributed by atoms with van der Waals surface area (Å²) in [6.07, 6.45) is 0. The van der Waals surface area contributed by atoms with Crippen LogP contribution in [0.1, 0.15) is 0 Å². The van der Waals surface area contributed by atoms with Gasteiger partial charge in [-0.05, 0) is 45.5 Å². The third kappa shape index (κ3) is 10.1. The SMILES string of the molecule is C[Si](C)(C)NP(F)(Cl)=NP(=S)(Cl)Cl. The Balaban J connectivity index is 4.79. The molecule has 0 heterocycles. The summed E-state index contributed by atoms with van der Waals surface area (Å²) in [5.74, 6) is 0. The molecule has 1 N–H and O–H groups in total. The van der Waals surface area contributed by atoms with E-state index in [0.29, 0.717) is 0 Å². The highest BCUT2D eigenvalue weighted by molar-refractivity contribution is 8.39. The topological polar surface area (TPSA) is 24.4 Å². The molecule has 0 bridgehead atoms. The maximum Gasteiger partial charge on any atom is 0.284 e. The van der Waals surface area contributed by atoms with Crippen molar-refractivity contribution in [2.45, 2.75) is 19.6 Å². The molecule has 0 aromatic carbocycles. The van der Waals surface area contributed by atoms with Gasteiger partial charge in [-0.15, -0.1) is 0 Å². The fourth-order valence-corrected chi connectivity index (χ4v) is 12.2. The van der Waals surface area contributed by atoms with Gasteiger partial charge in [0.25, 0.3) is 6.87 Å². The molecule has 1 unspecified atom stereocenters. The Hall–Kier alpha value is 1.86. The Labute approximate surface area is 98.3 Å². The fraction of sp³-hybridized carbons (Fsp3) is 1.00. The van der Waals surface area contributed by atoms with Crippen LogP contribution in [-0.2, 0) is 11.8 Å². The summed E-state index contributed by atoms with van der Waals surface area (Å²) in [4.78, 5) is -2.97. The van der Waals surface area contributed by atoms with Gasteiger partial charge in [0.05, 0.1) is 0 Å². The van der Waals surface area contributed by atoms with Crippen molar-refractivity contribution in [2.24, 2.45) is 4.52 Å². The van der Waals surface area contributed by atoms with Gasteiger partial charge in [-0.25, -0.2) is 0 Å². The third-order valence-electron chi connectivity index (χ3n) is 0.686. The second kappa shape index (κ2) is 4.79. The van der Waals surface area contributed by atoms with E-state index in [2.05, 4.69) is 21.1 Å². The normalized spacial score (nSPS) is 18.1. The van der Waals surface area contributed by atoms with Gasteiger partial charge in [-0.2, -0.15) is 8.71 Å². The van der Waals surface area contributed by atoms with Crippen LogP contribution < -0.4 is 4.75 Å². The van der Waals surface area contributed by atoms with E-state index in [1.807, 2.05) is 19.6 Å². The van der Waals surface area contributed by atoms with Crippen molar-refractivity contribution < 1.29 is 4.20 Å². The number of rotatable bonds is 3. The maximum absolute atomic E-state index is 13.5. The zero-order valence-corrected chi connectivity index (χ0v) is 13.1. The molecular formula is C3H10Cl3FN2P2SSi. The molecule has 0 saturated carbocycles. The molecular weight excluding hydrogens is 312 g/mol. The van der Waals surface area contributed by atoms with E-state index in [1.54, 1.807) is 0 Å². The van der Waals surface area contributed by atoms with Crippen LogP contribution in [0.2, 0.25) is 19.6 Å². The zero-order valence-electron chi connectivity index (χ0n) is 7.26. The Morgan fingerprint density at radius 1 is 1.31 bits per heavy atom. The molecule has 0 spiro atoms. The number of halogens is 4. The fourth-order valence-electron chi connectivity index (χ4n) is 0.557. The molecule has 0 amide bonds. The summed E-state index contributed by atoms with van der Waals surface area (Å²) >= 11 is 21.0. The molecule has 0 aliphatic carbocycles. The molecule has 2 nitrogen and oxygen atoms in total. The second-order valence-corrected chi connectivity index (χ2v) is 18.9. The van der Waals surface area contributed by atoms with E-state index < -0.39 is 20.0 Å². The summed E-state index contributed by atoms with van der Waals surface area (Å²) in [7, 11) is -1.84. The highest BCUT2D eigenvalue weighted by atomic mass is 35.9. The van der Waals surface area contributed by atoms with Crippen LogP contribution in [0, 0.1) is 0 Å². The van der Waals surface area contributed by atoms with Crippen LogP contribution in [0.3, 0.4) is 0 Å². The Bertz CT molecular complexity index is 281. The van der Waals surface area contributed by atoms with Gasteiger partial charge < -0.3 is 0 Å². The quantitative estimate of drug-likeness (QED) is 0.566. The number of hydrogen-bond donors (Lipinski definition) is 1. The van der Waals surface area contributed by atoms with E-state index in [0.717, 1.165) is 0 Å². The van der Waals surface area contributed by atoms with Crippen molar-refractivity contribution in [3.8, 4) is 0 Å². The molecule has 1 atom stereocenters. The Morgan fingerprint density at radius 3 is 1.92 bits per heavy atom.